The number of hydrogen-bond donors (Lipinski definition) is 1. The van der Waals surface area contributed by atoms with Crippen molar-refractivity contribution in [3.8, 4) is 11.8 Å². The van der Waals surface area contributed by atoms with Crippen molar-refractivity contribution in [2.45, 2.75) is 13.3 Å². The Morgan fingerprint density at radius 1 is 1.52 bits per heavy atom. The number of rotatable bonds is 4. The molecule has 0 aromatic heterocycles. The van der Waals surface area contributed by atoms with E-state index < -0.39 is 18.0 Å². The third-order valence-electron chi connectivity index (χ3n) is 2.60. The van der Waals surface area contributed by atoms with Crippen LogP contribution < -0.4 is 10.5 Å². The van der Waals surface area contributed by atoms with Gasteiger partial charge in [-0.1, -0.05) is 0 Å². The molecule has 1 amide bonds. The van der Waals surface area contributed by atoms with Gasteiger partial charge in [0, 0.05) is 19.2 Å². The van der Waals surface area contributed by atoms with E-state index in [1.165, 1.54) is 18.0 Å². The number of nitrogens with zero attached hydrogens (tertiary/aromatic N) is 2. The van der Waals surface area contributed by atoms with Gasteiger partial charge in [0.05, 0.1) is 17.7 Å². The van der Waals surface area contributed by atoms with Crippen LogP contribution in [0, 0.1) is 17.2 Å². The molecule has 1 aromatic carbocycles. The lowest BCUT2D eigenvalue weighted by Crippen LogP contribution is -2.30. The fourth-order valence-corrected chi connectivity index (χ4v) is 1.65. The largest absolute Gasteiger partial charge is 0.573 e. The Kier molecular flexibility index (Phi) is 5.02. The summed E-state index contributed by atoms with van der Waals surface area (Å²) >= 11 is 0. The first-order valence-corrected chi connectivity index (χ1v) is 5.94. The van der Waals surface area contributed by atoms with E-state index in [1.807, 2.05) is 6.07 Å². The van der Waals surface area contributed by atoms with E-state index in [9.17, 15) is 18.0 Å². The monoisotopic (exact) mass is 301 g/mol. The molecule has 0 aliphatic heterocycles. The van der Waals surface area contributed by atoms with Crippen molar-refractivity contribution in [1.29, 1.82) is 5.26 Å². The fourth-order valence-electron chi connectivity index (χ4n) is 1.65. The number of alkyl halides is 3. The summed E-state index contributed by atoms with van der Waals surface area (Å²) in [7, 11) is 1.49. The van der Waals surface area contributed by atoms with E-state index in [4.69, 9.17) is 11.0 Å². The first-order chi connectivity index (χ1) is 9.64. The summed E-state index contributed by atoms with van der Waals surface area (Å²) in [6.45, 7) is 1.86. The molecular formula is C13H14F3N3O2. The van der Waals surface area contributed by atoms with Crippen molar-refractivity contribution in [3.05, 3.63) is 23.8 Å². The van der Waals surface area contributed by atoms with Crippen molar-refractivity contribution in [2.24, 2.45) is 5.92 Å². The molecule has 0 fully saturated rings. The minimum atomic E-state index is -4.85. The number of halogens is 3. The van der Waals surface area contributed by atoms with Crippen LogP contribution in [0.1, 0.15) is 17.3 Å². The van der Waals surface area contributed by atoms with Crippen LogP contribution in [-0.2, 0) is 0 Å². The number of ether oxygens (including phenoxy) is 1. The summed E-state index contributed by atoms with van der Waals surface area (Å²) in [5, 5.41) is 8.69. The van der Waals surface area contributed by atoms with Crippen molar-refractivity contribution in [1.82, 2.24) is 4.90 Å². The number of nitrogens with two attached hydrogens (primary N) is 1. The Bertz CT molecular complexity index is 567. The maximum absolute atomic E-state index is 12.1. The molecule has 0 bridgehead atoms. The highest BCUT2D eigenvalue weighted by atomic mass is 19.4. The second-order valence-corrected chi connectivity index (χ2v) is 4.52. The Morgan fingerprint density at radius 2 is 2.14 bits per heavy atom. The average molecular weight is 301 g/mol. The summed E-state index contributed by atoms with van der Waals surface area (Å²) in [6, 6.07) is 5.26. The number of nitrogen functional groups attached to an aromatic ring is 1. The molecule has 1 atom stereocenters. The molecule has 1 unspecified atom stereocenters. The Balaban J connectivity index is 2.88. The summed E-state index contributed by atoms with van der Waals surface area (Å²) in [6.07, 6.45) is -4.85. The predicted molar refractivity (Wildman–Crippen MR) is 69.3 cm³/mol. The van der Waals surface area contributed by atoms with Gasteiger partial charge in [0.15, 0.2) is 5.75 Å². The van der Waals surface area contributed by atoms with Gasteiger partial charge < -0.3 is 15.4 Å². The second kappa shape index (κ2) is 6.35. The van der Waals surface area contributed by atoms with Crippen LogP contribution in [0.25, 0.3) is 0 Å². The number of amides is 1. The van der Waals surface area contributed by atoms with E-state index in [0.717, 1.165) is 12.1 Å². The summed E-state index contributed by atoms with van der Waals surface area (Å²) in [4.78, 5) is 13.3. The molecule has 2 N–H and O–H groups in total. The normalized spacial score (nSPS) is 12.4. The molecule has 114 valence electrons. The molecule has 21 heavy (non-hydrogen) atoms. The lowest BCUT2D eigenvalue weighted by molar-refractivity contribution is -0.274. The summed E-state index contributed by atoms with van der Waals surface area (Å²) in [5.41, 5.74) is 5.27. The third kappa shape index (κ3) is 4.87. The van der Waals surface area contributed by atoms with Crippen molar-refractivity contribution in [2.75, 3.05) is 19.3 Å². The van der Waals surface area contributed by atoms with Gasteiger partial charge in [-0.05, 0) is 25.1 Å². The van der Waals surface area contributed by atoms with Gasteiger partial charge in [-0.3, -0.25) is 4.79 Å². The fraction of sp³-hybridized carbons (Fsp3) is 0.385. The number of carbonyl (C=O) groups excluding carboxylic acids is 1. The van der Waals surface area contributed by atoms with Crippen molar-refractivity contribution < 1.29 is 22.7 Å². The van der Waals surface area contributed by atoms with E-state index in [1.54, 1.807) is 6.92 Å². The van der Waals surface area contributed by atoms with Gasteiger partial charge in [-0.25, -0.2) is 0 Å². The zero-order chi connectivity index (χ0) is 16.2. The predicted octanol–water partition coefficient (Wildman–Crippen LogP) is 2.40. The molecule has 5 nitrogen and oxygen atoms in total. The molecule has 0 spiro atoms. The minimum Gasteiger partial charge on any atom is -0.404 e. The molecular weight excluding hydrogens is 287 g/mol. The Labute approximate surface area is 119 Å². The standard InChI is InChI=1S/C13H14F3N3O2/c1-8(6-17)7-19(2)12(20)9-3-4-11(10(18)5-9)21-13(14,15)16/h3-5,8H,7,18H2,1-2H3. The molecule has 1 rings (SSSR count). The van der Waals surface area contributed by atoms with Crippen LogP contribution in [0.15, 0.2) is 18.2 Å². The van der Waals surface area contributed by atoms with Crippen LogP contribution in [0.5, 0.6) is 5.75 Å². The van der Waals surface area contributed by atoms with Gasteiger partial charge in [0.25, 0.3) is 5.91 Å². The summed E-state index contributed by atoms with van der Waals surface area (Å²) < 4.78 is 40.0. The SMILES string of the molecule is CC(C#N)CN(C)C(=O)c1ccc(OC(F)(F)F)c(N)c1. The Morgan fingerprint density at radius 3 is 2.62 bits per heavy atom. The first kappa shape index (κ1) is 16.6. The highest BCUT2D eigenvalue weighted by Gasteiger charge is 2.32. The molecule has 0 radical (unpaired) electrons. The van der Waals surface area contributed by atoms with Gasteiger partial charge in [-0.15, -0.1) is 13.2 Å². The molecule has 0 aliphatic carbocycles. The number of nitriles is 1. The molecule has 0 heterocycles. The topological polar surface area (TPSA) is 79.3 Å². The van der Waals surface area contributed by atoms with Crippen LogP contribution >= 0.6 is 0 Å². The second-order valence-electron chi connectivity index (χ2n) is 4.52. The molecule has 0 saturated heterocycles. The van der Waals surface area contributed by atoms with Crippen LogP contribution in [0.3, 0.4) is 0 Å². The van der Waals surface area contributed by atoms with Gasteiger partial charge in [-0.2, -0.15) is 5.26 Å². The highest BCUT2D eigenvalue weighted by molar-refractivity contribution is 5.95. The van der Waals surface area contributed by atoms with Crippen molar-refractivity contribution >= 4 is 11.6 Å². The lowest BCUT2D eigenvalue weighted by atomic mass is 10.1. The minimum absolute atomic E-state index is 0.120. The van der Waals surface area contributed by atoms with Gasteiger partial charge >= 0.3 is 6.36 Å². The molecule has 0 saturated carbocycles. The number of benzene rings is 1. The molecule has 0 aliphatic rings. The van der Waals surface area contributed by atoms with E-state index in [2.05, 4.69) is 4.74 Å². The van der Waals surface area contributed by atoms with E-state index in [-0.39, 0.29) is 23.7 Å². The number of carbonyl (C=O) groups is 1. The van der Waals surface area contributed by atoms with Crippen LogP contribution in [-0.4, -0.2) is 30.8 Å². The molecule has 8 heteroatoms. The number of anilines is 1. The lowest BCUT2D eigenvalue weighted by Gasteiger charge is -2.19. The van der Waals surface area contributed by atoms with Crippen molar-refractivity contribution in [3.63, 3.8) is 0 Å². The zero-order valence-electron chi connectivity index (χ0n) is 11.4. The van der Waals surface area contributed by atoms with E-state index >= 15 is 0 Å². The average Bonchev–Trinajstić information content (AvgIpc) is 2.38. The maximum Gasteiger partial charge on any atom is 0.573 e. The number of hydrogen-bond acceptors (Lipinski definition) is 4. The highest BCUT2D eigenvalue weighted by Crippen LogP contribution is 2.29. The first-order valence-electron chi connectivity index (χ1n) is 5.94. The van der Waals surface area contributed by atoms with E-state index in [0.29, 0.717) is 0 Å². The van der Waals surface area contributed by atoms with Crippen LogP contribution in [0.4, 0.5) is 18.9 Å². The quantitative estimate of drug-likeness (QED) is 0.866. The third-order valence-corrected chi connectivity index (χ3v) is 2.60. The van der Waals surface area contributed by atoms with Crippen LogP contribution in [0.2, 0.25) is 0 Å². The smallest absolute Gasteiger partial charge is 0.404 e. The zero-order valence-corrected chi connectivity index (χ0v) is 11.4. The Hall–Kier alpha value is -2.43. The van der Waals surface area contributed by atoms with Gasteiger partial charge in [0.2, 0.25) is 0 Å². The van der Waals surface area contributed by atoms with Gasteiger partial charge in [0.1, 0.15) is 0 Å². The molecule has 1 aromatic rings. The maximum atomic E-state index is 12.1. The summed E-state index contributed by atoms with van der Waals surface area (Å²) in [5.74, 6) is -1.36.